The minimum atomic E-state index is -0.215. The predicted octanol–water partition coefficient (Wildman–Crippen LogP) is 1.79. The molecule has 0 spiro atoms. The summed E-state index contributed by atoms with van der Waals surface area (Å²) in [6.07, 6.45) is 2.42. The van der Waals surface area contributed by atoms with Crippen molar-refractivity contribution in [3.8, 4) is 5.88 Å². The number of pyridine rings is 1. The van der Waals surface area contributed by atoms with Gasteiger partial charge in [0.05, 0.1) is 11.7 Å². The van der Waals surface area contributed by atoms with Crippen molar-refractivity contribution >= 4 is 11.2 Å². The molecule has 1 aliphatic carbocycles. The molecule has 8 nitrogen and oxygen atoms in total. The van der Waals surface area contributed by atoms with Crippen LogP contribution in [0.1, 0.15) is 38.8 Å². The van der Waals surface area contributed by atoms with Gasteiger partial charge in [0.15, 0.2) is 5.65 Å². The third-order valence-electron chi connectivity index (χ3n) is 5.52. The van der Waals surface area contributed by atoms with Crippen LogP contribution in [0.5, 0.6) is 5.88 Å². The van der Waals surface area contributed by atoms with Crippen molar-refractivity contribution in [2.24, 2.45) is 25.4 Å². The maximum absolute atomic E-state index is 12.7. The van der Waals surface area contributed by atoms with Gasteiger partial charge in [0.1, 0.15) is 0 Å². The van der Waals surface area contributed by atoms with Gasteiger partial charge in [-0.15, -0.1) is 0 Å². The number of aromatic nitrogens is 5. The van der Waals surface area contributed by atoms with Crippen LogP contribution in [0.15, 0.2) is 27.9 Å². The zero-order valence-corrected chi connectivity index (χ0v) is 17.0. The largest absolute Gasteiger partial charge is 0.493 e. The van der Waals surface area contributed by atoms with E-state index in [0.29, 0.717) is 24.7 Å². The molecule has 3 heterocycles. The lowest BCUT2D eigenvalue weighted by Crippen LogP contribution is -2.27. The zero-order valence-electron chi connectivity index (χ0n) is 17.0. The molecular formula is C20H27N5O3. The molecular weight excluding hydrogens is 358 g/mol. The number of hydrogen-bond acceptors (Lipinski definition) is 4. The zero-order chi connectivity index (χ0) is 20.4. The van der Waals surface area contributed by atoms with Crippen molar-refractivity contribution < 1.29 is 5.11 Å². The van der Waals surface area contributed by atoms with Crippen LogP contribution in [0, 0.1) is 11.3 Å². The highest BCUT2D eigenvalue weighted by Crippen LogP contribution is 2.47. The number of fused-ring (bicyclic) bond motifs is 1. The van der Waals surface area contributed by atoms with Crippen LogP contribution in [0.25, 0.3) is 11.2 Å². The van der Waals surface area contributed by atoms with E-state index in [0.717, 1.165) is 17.6 Å². The van der Waals surface area contributed by atoms with Crippen molar-refractivity contribution in [1.29, 1.82) is 0 Å². The maximum Gasteiger partial charge on any atom is 0.330 e. The topological polar surface area (TPSA) is 87.0 Å². The minimum absolute atomic E-state index is 0.00707. The molecule has 1 unspecified atom stereocenters. The van der Waals surface area contributed by atoms with Gasteiger partial charge in [-0.25, -0.2) is 14.6 Å². The summed E-state index contributed by atoms with van der Waals surface area (Å²) in [7, 11) is 3.31. The minimum Gasteiger partial charge on any atom is -0.493 e. The summed E-state index contributed by atoms with van der Waals surface area (Å²) < 4.78 is 6.19. The van der Waals surface area contributed by atoms with Crippen molar-refractivity contribution in [1.82, 2.24) is 23.3 Å². The third kappa shape index (κ3) is 3.06. The van der Waals surface area contributed by atoms with Crippen molar-refractivity contribution in [3.63, 3.8) is 0 Å². The second-order valence-electron chi connectivity index (χ2n) is 9.15. The molecule has 1 aliphatic rings. The summed E-state index contributed by atoms with van der Waals surface area (Å²) in [5.74, 6) is 0.537. The second kappa shape index (κ2) is 6.12. The fourth-order valence-electron chi connectivity index (χ4n) is 3.89. The first kappa shape index (κ1) is 18.6. The average Bonchev–Trinajstić information content (AvgIpc) is 3.31. The third-order valence-corrected chi connectivity index (χ3v) is 5.52. The molecule has 3 aromatic rings. The summed E-state index contributed by atoms with van der Waals surface area (Å²) in [4.78, 5) is 29.5. The van der Waals surface area contributed by atoms with Gasteiger partial charge >= 0.3 is 11.4 Å². The first-order valence-corrected chi connectivity index (χ1v) is 9.58. The molecule has 0 aromatic carbocycles. The van der Waals surface area contributed by atoms with Gasteiger partial charge in [-0.3, -0.25) is 18.3 Å². The van der Waals surface area contributed by atoms with E-state index in [9.17, 15) is 14.7 Å². The lowest BCUT2D eigenvalue weighted by Gasteiger charge is -2.18. The first-order valence-electron chi connectivity index (χ1n) is 9.58. The Morgan fingerprint density at radius 3 is 2.46 bits per heavy atom. The Bertz CT molecular complexity index is 1170. The molecule has 0 saturated heterocycles. The van der Waals surface area contributed by atoms with Gasteiger partial charge in [-0.05, 0) is 29.9 Å². The van der Waals surface area contributed by atoms with Crippen LogP contribution < -0.4 is 11.4 Å². The smallest absolute Gasteiger partial charge is 0.330 e. The van der Waals surface area contributed by atoms with Crippen LogP contribution in [0.2, 0.25) is 0 Å². The number of rotatable bonds is 4. The molecule has 1 saturated carbocycles. The van der Waals surface area contributed by atoms with Gasteiger partial charge in [-0.1, -0.05) is 20.8 Å². The Labute approximate surface area is 162 Å². The number of aryl methyl sites for hydroxylation is 1. The van der Waals surface area contributed by atoms with E-state index >= 15 is 0 Å². The van der Waals surface area contributed by atoms with Crippen LogP contribution in [0.4, 0.5) is 0 Å². The molecule has 28 heavy (non-hydrogen) atoms. The fourth-order valence-corrected chi connectivity index (χ4v) is 3.89. The van der Waals surface area contributed by atoms with Gasteiger partial charge in [0, 0.05) is 38.8 Å². The standard InChI is InChI=1S/C20H27N5O3/c1-20(2,3)11-25-15-7-6-14(21-17(15)23(5)19(25)28)13-8-12(13)9-24-10-16(26)22(4)18(24)27/h6-7,10,12-13,26H,8-9,11H2,1-5H3/t12-,13?/m0/s1. The van der Waals surface area contributed by atoms with Crippen LogP contribution >= 0.6 is 0 Å². The van der Waals surface area contributed by atoms with Crippen LogP contribution in [0.3, 0.4) is 0 Å². The SMILES string of the molecule is Cn1c(O)cn(C[C@@H]2CC2c2ccc3c(n2)n(C)c(=O)n3CC(C)(C)C)c1=O. The van der Waals surface area contributed by atoms with E-state index in [4.69, 9.17) is 4.98 Å². The van der Waals surface area contributed by atoms with Crippen LogP contribution in [-0.2, 0) is 27.2 Å². The average molecular weight is 385 g/mol. The molecule has 4 rings (SSSR count). The maximum atomic E-state index is 12.7. The van der Waals surface area contributed by atoms with Gasteiger partial charge in [0.25, 0.3) is 0 Å². The van der Waals surface area contributed by atoms with Gasteiger partial charge in [-0.2, -0.15) is 0 Å². The van der Waals surface area contributed by atoms with E-state index in [1.54, 1.807) is 27.8 Å². The van der Waals surface area contributed by atoms with E-state index in [2.05, 4.69) is 20.8 Å². The van der Waals surface area contributed by atoms with Gasteiger partial charge < -0.3 is 5.11 Å². The van der Waals surface area contributed by atoms with Crippen LogP contribution in [-0.4, -0.2) is 28.4 Å². The summed E-state index contributed by atoms with van der Waals surface area (Å²) in [5.41, 5.74) is 2.24. The summed E-state index contributed by atoms with van der Waals surface area (Å²) in [6, 6.07) is 3.98. The fraction of sp³-hybridized carbons (Fsp3) is 0.550. The Kier molecular flexibility index (Phi) is 4.06. The van der Waals surface area contributed by atoms with E-state index in [-0.39, 0.29) is 28.6 Å². The molecule has 2 atom stereocenters. The molecule has 150 valence electrons. The molecule has 8 heteroatoms. The van der Waals surface area contributed by atoms with Crippen molar-refractivity contribution in [3.05, 3.63) is 45.0 Å². The molecule has 3 aromatic heterocycles. The molecule has 0 bridgehead atoms. The highest BCUT2D eigenvalue weighted by Gasteiger charge is 2.40. The normalized spacial score (nSPS) is 19.5. The molecule has 0 amide bonds. The summed E-state index contributed by atoms with van der Waals surface area (Å²) >= 11 is 0. The molecule has 1 fully saturated rings. The summed E-state index contributed by atoms with van der Waals surface area (Å²) in [5, 5.41) is 9.69. The Morgan fingerprint density at radius 1 is 1.14 bits per heavy atom. The van der Waals surface area contributed by atoms with E-state index in [1.165, 1.54) is 10.8 Å². The first-order chi connectivity index (χ1) is 13.1. The van der Waals surface area contributed by atoms with Gasteiger partial charge in [0.2, 0.25) is 5.88 Å². The van der Waals surface area contributed by atoms with Crippen molar-refractivity contribution in [2.45, 2.75) is 46.2 Å². The quantitative estimate of drug-likeness (QED) is 0.742. The lowest BCUT2D eigenvalue weighted by molar-refractivity contribution is 0.342. The Balaban J connectivity index is 1.61. The predicted molar refractivity (Wildman–Crippen MR) is 107 cm³/mol. The van der Waals surface area contributed by atoms with E-state index in [1.807, 2.05) is 12.1 Å². The second-order valence-corrected chi connectivity index (χ2v) is 9.15. The number of hydrogen-bond donors (Lipinski definition) is 1. The Morgan fingerprint density at radius 2 is 1.86 bits per heavy atom. The summed E-state index contributed by atoms with van der Waals surface area (Å²) in [6.45, 7) is 7.52. The monoisotopic (exact) mass is 385 g/mol. The van der Waals surface area contributed by atoms with E-state index < -0.39 is 0 Å². The van der Waals surface area contributed by atoms with Crippen molar-refractivity contribution in [2.75, 3.05) is 0 Å². The number of aromatic hydroxyl groups is 1. The number of nitrogens with zero attached hydrogens (tertiary/aromatic N) is 5. The molecule has 0 radical (unpaired) electrons. The molecule has 0 aliphatic heterocycles. The number of imidazole rings is 2. The highest BCUT2D eigenvalue weighted by atomic mass is 16.3. The lowest BCUT2D eigenvalue weighted by atomic mass is 9.97. The molecule has 1 N–H and O–H groups in total. The Hall–Kier alpha value is -2.77. The highest BCUT2D eigenvalue weighted by molar-refractivity contribution is 5.72.